The van der Waals surface area contributed by atoms with Gasteiger partial charge in [-0.3, -0.25) is 13.8 Å². The molecule has 0 fully saturated rings. The summed E-state index contributed by atoms with van der Waals surface area (Å²) in [5, 5.41) is 14.1. The Morgan fingerprint density at radius 3 is 0.931 bits per heavy atom. The van der Waals surface area contributed by atoms with E-state index in [1.54, 1.807) is 0 Å². The molecule has 0 aromatic heterocycles. The standard InChI is InChI=1S/C63H129N2O6P/c1-6-8-10-12-14-16-18-20-22-24-26-28-30-31-32-33-35-37-39-41-43-45-47-49-51-53-55-57-63(67)64-61(60-71-72(68,69)70-59-58-65(3,4)5)62(66)56-54-52-50-48-46-44-42-40-38-36-34-29-27-25-23-21-19-17-15-13-11-9-7-2/h61-62,66H,6-60H2,1-5H3,(H-,64,67,68,69)/p+1. The third kappa shape index (κ3) is 57.2. The van der Waals surface area contributed by atoms with Gasteiger partial charge in [0.2, 0.25) is 5.91 Å². The number of phosphoric acid groups is 1. The van der Waals surface area contributed by atoms with Gasteiger partial charge in [0.1, 0.15) is 13.2 Å². The van der Waals surface area contributed by atoms with Gasteiger partial charge in [0, 0.05) is 6.42 Å². The van der Waals surface area contributed by atoms with E-state index in [1.165, 1.54) is 283 Å². The number of amides is 1. The smallest absolute Gasteiger partial charge is 0.391 e. The van der Waals surface area contributed by atoms with E-state index in [9.17, 15) is 19.4 Å². The van der Waals surface area contributed by atoms with Crippen molar-refractivity contribution in [1.29, 1.82) is 0 Å². The van der Waals surface area contributed by atoms with Crippen LogP contribution in [0.1, 0.15) is 348 Å². The normalized spacial score (nSPS) is 13.7. The topological polar surface area (TPSA) is 105 Å². The number of rotatable bonds is 61. The molecule has 3 atom stereocenters. The van der Waals surface area contributed by atoms with Gasteiger partial charge in [-0.2, -0.15) is 0 Å². The van der Waals surface area contributed by atoms with Crippen LogP contribution in [0.25, 0.3) is 0 Å². The molecule has 0 saturated heterocycles. The molecule has 0 aromatic carbocycles. The predicted octanol–water partition coefficient (Wildman–Crippen LogP) is 20.0. The highest BCUT2D eigenvalue weighted by atomic mass is 31.2. The largest absolute Gasteiger partial charge is 0.472 e. The number of likely N-dealkylation sites (N-methyl/N-ethyl adjacent to an activating group) is 1. The van der Waals surface area contributed by atoms with Crippen molar-refractivity contribution < 1.29 is 32.9 Å². The van der Waals surface area contributed by atoms with E-state index >= 15 is 0 Å². The molecule has 8 nitrogen and oxygen atoms in total. The minimum atomic E-state index is -4.32. The molecular formula is C63H130N2O6P+. The van der Waals surface area contributed by atoms with Crippen molar-refractivity contribution in [2.24, 2.45) is 0 Å². The molecule has 432 valence electrons. The number of unbranched alkanes of at least 4 members (excludes halogenated alkanes) is 48. The quantitative estimate of drug-likeness (QED) is 0.0318. The number of aliphatic hydroxyl groups excluding tert-OH is 1. The van der Waals surface area contributed by atoms with Crippen molar-refractivity contribution in [2.45, 2.75) is 360 Å². The summed E-state index contributed by atoms with van der Waals surface area (Å²) in [4.78, 5) is 23.4. The van der Waals surface area contributed by atoms with Gasteiger partial charge in [0.25, 0.3) is 0 Å². The number of hydrogen-bond donors (Lipinski definition) is 3. The van der Waals surface area contributed by atoms with Crippen molar-refractivity contribution in [2.75, 3.05) is 40.9 Å². The summed E-state index contributed by atoms with van der Waals surface area (Å²) in [6.07, 6.45) is 67.5. The highest BCUT2D eigenvalue weighted by Gasteiger charge is 2.28. The van der Waals surface area contributed by atoms with Gasteiger partial charge in [0.15, 0.2) is 0 Å². The van der Waals surface area contributed by atoms with E-state index in [0.717, 1.165) is 38.5 Å². The molecule has 0 radical (unpaired) electrons. The van der Waals surface area contributed by atoms with Crippen molar-refractivity contribution in [3.8, 4) is 0 Å². The number of nitrogens with zero attached hydrogens (tertiary/aromatic N) is 1. The average molecular weight is 1040 g/mol. The number of aliphatic hydroxyl groups is 1. The fourth-order valence-electron chi connectivity index (χ4n) is 10.3. The van der Waals surface area contributed by atoms with Crippen LogP contribution in [0.4, 0.5) is 0 Å². The van der Waals surface area contributed by atoms with Crippen molar-refractivity contribution in [3.63, 3.8) is 0 Å². The maximum atomic E-state index is 13.0. The van der Waals surface area contributed by atoms with Crippen molar-refractivity contribution >= 4 is 13.7 Å². The van der Waals surface area contributed by atoms with Crippen LogP contribution in [0.15, 0.2) is 0 Å². The molecule has 9 heteroatoms. The third-order valence-corrected chi connectivity index (χ3v) is 16.3. The molecular weight excluding hydrogens is 912 g/mol. The molecule has 0 saturated carbocycles. The maximum absolute atomic E-state index is 13.0. The minimum absolute atomic E-state index is 0.0794. The maximum Gasteiger partial charge on any atom is 0.472 e. The minimum Gasteiger partial charge on any atom is -0.391 e. The second-order valence-corrected chi connectivity index (χ2v) is 25.3. The number of carbonyl (C=O) groups excluding carboxylic acids is 1. The van der Waals surface area contributed by atoms with Crippen LogP contribution in [0.3, 0.4) is 0 Å². The second kappa shape index (κ2) is 55.3. The van der Waals surface area contributed by atoms with Gasteiger partial charge in [-0.05, 0) is 12.8 Å². The Labute approximate surface area is 450 Å². The van der Waals surface area contributed by atoms with Crippen molar-refractivity contribution in [3.05, 3.63) is 0 Å². The van der Waals surface area contributed by atoms with Crippen LogP contribution in [0.5, 0.6) is 0 Å². The summed E-state index contributed by atoms with van der Waals surface area (Å²) >= 11 is 0. The van der Waals surface area contributed by atoms with Crippen LogP contribution in [0, 0.1) is 0 Å². The molecule has 1 amide bonds. The Kier molecular flexibility index (Phi) is 54.9. The van der Waals surface area contributed by atoms with E-state index in [1.807, 2.05) is 21.1 Å². The molecule has 0 aromatic rings. The third-order valence-electron chi connectivity index (χ3n) is 15.4. The predicted molar refractivity (Wildman–Crippen MR) is 314 cm³/mol. The zero-order chi connectivity index (χ0) is 52.7. The Balaban J connectivity index is 4.04. The molecule has 72 heavy (non-hydrogen) atoms. The first-order valence-electron chi connectivity index (χ1n) is 32.4. The van der Waals surface area contributed by atoms with E-state index in [4.69, 9.17) is 9.05 Å². The number of nitrogens with one attached hydrogen (secondary N) is 1. The Bertz CT molecular complexity index is 1140. The Morgan fingerprint density at radius 1 is 0.417 bits per heavy atom. The second-order valence-electron chi connectivity index (χ2n) is 23.9. The zero-order valence-electron chi connectivity index (χ0n) is 49.5. The molecule has 0 aliphatic carbocycles. The number of carbonyl (C=O) groups is 1. The van der Waals surface area contributed by atoms with Gasteiger partial charge in [-0.1, -0.05) is 328 Å². The van der Waals surface area contributed by atoms with Gasteiger partial charge < -0.3 is 19.8 Å². The molecule has 0 aliphatic heterocycles. The van der Waals surface area contributed by atoms with E-state index < -0.39 is 20.0 Å². The summed E-state index contributed by atoms with van der Waals surface area (Å²) in [6, 6.07) is -0.756. The molecule has 0 aliphatic rings. The van der Waals surface area contributed by atoms with Gasteiger partial charge in [0.05, 0.1) is 39.9 Å². The van der Waals surface area contributed by atoms with Gasteiger partial charge in [-0.15, -0.1) is 0 Å². The highest BCUT2D eigenvalue weighted by molar-refractivity contribution is 7.47. The molecule has 3 unspecified atom stereocenters. The Morgan fingerprint density at radius 2 is 0.667 bits per heavy atom. The van der Waals surface area contributed by atoms with E-state index in [0.29, 0.717) is 23.9 Å². The fraction of sp³-hybridized carbons (Fsp3) is 0.984. The molecule has 0 spiro atoms. The average Bonchev–Trinajstić information content (AvgIpc) is 3.34. The van der Waals surface area contributed by atoms with Gasteiger partial charge >= 0.3 is 7.82 Å². The number of quaternary nitrogens is 1. The molecule has 0 rings (SSSR count). The monoisotopic (exact) mass is 1040 g/mol. The lowest BCUT2D eigenvalue weighted by atomic mass is 10.0. The first kappa shape index (κ1) is 71.5. The fourth-order valence-corrected chi connectivity index (χ4v) is 11.0. The summed E-state index contributed by atoms with van der Waals surface area (Å²) in [5.74, 6) is -0.134. The van der Waals surface area contributed by atoms with Crippen LogP contribution in [0.2, 0.25) is 0 Å². The van der Waals surface area contributed by atoms with E-state index in [-0.39, 0.29) is 19.1 Å². The molecule has 3 N–H and O–H groups in total. The lowest BCUT2D eigenvalue weighted by molar-refractivity contribution is -0.870. The first-order valence-corrected chi connectivity index (χ1v) is 33.9. The Hall–Kier alpha value is -0.500. The molecule has 0 bridgehead atoms. The zero-order valence-corrected chi connectivity index (χ0v) is 50.4. The summed E-state index contributed by atoms with van der Waals surface area (Å²) in [7, 11) is 1.64. The lowest BCUT2D eigenvalue weighted by Crippen LogP contribution is -2.46. The SMILES string of the molecule is CCCCCCCCCCCCCCCCCCCCCCCCCCCCCC(=O)NC(COP(=O)(O)OCC[N+](C)(C)C)C(O)CCCCCCCCCCCCCCCCCCCCCCCCC. The van der Waals surface area contributed by atoms with Crippen LogP contribution in [-0.2, 0) is 18.4 Å². The number of phosphoric ester groups is 1. The lowest BCUT2D eigenvalue weighted by Gasteiger charge is -2.26. The van der Waals surface area contributed by atoms with Crippen LogP contribution < -0.4 is 5.32 Å². The van der Waals surface area contributed by atoms with Crippen LogP contribution in [-0.4, -0.2) is 73.4 Å². The summed E-state index contributed by atoms with van der Waals surface area (Å²) in [6.45, 7) is 4.96. The highest BCUT2D eigenvalue weighted by Crippen LogP contribution is 2.43. The van der Waals surface area contributed by atoms with Crippen LogP contribution >= 0.6 is 7.82 Å². The van der Waals surface area contributed by atoms with Crippen molar-refractivity contribution in [1.82, 2.24) is 5.32 Å². The first-order chi connectivity index (χ1) is 35.0. The number of hydrogen-bond acceptors (Lipinski definition) is 5. The van der Waals surface area contributed by atoms with E-state index in [2.05, 4.69) is 19.2 Å². The molecule has 0 heterocycles. The summed E-state index contributed by atoms with van der Waals surface area (Å²) in [5.41, 5.74) is 0. The van der Waals surface area contributed by atoms with Gasteiger partial charge in [-0.25, -0.2) is 4.57 Å². The summed E-state index contributed by atoms with van der Waals surface area (Å²) < 4.78 is 23.9.